The molecular weight excluding hydrogens is 230 g/mol. The van der Waals surface area contributed by atoms with Gasteiger partial charge in [-0.1, -0.05) is 68.9 Å². The maximum Gasteiger partial charge on any atom is 0.0154 e. The van der Waals surface area contributed by atoms with Crippen molar-refractivity contribution >= 4 is 0 Å². The van der Waals surface area contributed by atoms with Crippen LogP contribution in [0.2, 0.25) is 0 Å². The van der Waals surface area contributed by atoms with Crippen LogP contribution in [0.25, 0.3) is 0 Å². The molecule has 0 aliphatic heterocycles. The smallest absolute Gasteiger partial charge is 0.0154 e. The standard InChI is InChI=1S/C18H29N/c19-18(14-8-2-1-3-9-15-18)16-10-7-13-17-11-5-4-6-12-17/h4-6,11-12H,1-3,7-10,13-16,19H2. The minimum Gasteiger partial charge on any atom is -0.325 e. The molecule has 0 amide bonds. The van der Waals surface area contributed by atoms with Crippen LogP contribution in [0, 0.1) is 0 Å². The van der Waals surface area contributed by atoms with E-state index in [1.54, 1.807) is 0 Å². The summed E-state index contributed by atoms with van der Waals surface area (Å²) >= 11 is 0. The maximum absolute atomic E-state index is 6.61. The lowest BCUT2D eigenvalue weighted by molar-refractivity contribution is 0.289. The van der Waals surface area contributed by atoms with Crippen LogP contribution in [-0.4, -0.2) is 5.54 Å². The van der Waals surface area contributed by atoms with E-state index < -0.39 is 0 Å². The lowest BCUT2D eigenvalue weighted by Gasteiger charge is -2.31. The van der Waals surface area contributed by atoms with Crippen molar-refractivity contribution in [3.05, 3.63) is 35.9 Å². The third-order valence-electron chi connectivity index (χ3n) is 4.58. The van der Waals surface area contributed by atoms with Crippen LogP contribution < -0.4 is 5.73 Å². The molecule has 1 heteroatoms. The van der Waals surface area contributed by atoms with Gasteiger partial charge in [-0.3, -0.25) is 0 Å². The first kappa shape index (κ1) is 14.6. The Morgan fingerprint density at radius 3 is 2.16 bits per heavy atom. The van der Waals surface area contributed by atoms with E-state index in [0.717, 1.165) is 0 Å². The van der Waals surface area contributed by atoms with Gasteiger partial charge in [0.25, 0.3) is 0 Å². The Balaban J connectivity index is 1.68. The van der Waals surface area contributed by atoms with Crippen LogP contribution in [0.3, 0.4) is 0 Å². The summed E-state index contributed by atoms with van der Waals surface area (Å²) in [7, 11) is 0. The van der Waals surface area contributed by atoms with Crippen molar-refractivity contribution in [3.63, 3.8) is 0 Å². The molecular formula is C18H29N. The Labute approximate surface area is 118 Å². The number of unbranched alkanes of at least 4 members (excludes halogenated alkanes) is 1. The Kier molecular flexibility index (Phi) is 5.91. The minimum atomic E-state index is 0.150. The van der Waals surface area contributed by atoms with Gasteiger partial charge in [-0.15, -0.1) is 0 Å². The zero-order valence-electron chi connectivity index (χ0n) is 12.2. The Morgan fingerprint density at radius 2 is 1.47 bits per heavy atom. The Hall–Kier alpha value is -0.820. The van der Waals surface area contributed by atoms with Crippen molar-refractivity contribution in [2.45, 2.75) is 76.2 Å². The van der Waals surface area contributed by atoms with Crippen molar-refractivity contribution in [3.8, 4) is 0 Å². The highest BCUT2D eigenvalue weighted by Gasteiger charge is 2.24. The number of nitrogens with two attached hydrogens (primary N) is 1. The first-order chi connectivity index (χ1) is 9.29. The van der Waals surface area contributed by atoms with Crippen molar-refractivity contribution < 1.29 is 0 Å². The van der Waals surface area contributed by atoms with Gasteiger partial charge in [-0.05, 0) is 37.7 Å². The molecule has 0 heterocycles. The Morgan fingerprint density at radius 1 is 0.842 bits per heavy atom. The van der Waals surface area contributed by atoms with E-state index in [2.05, 4.69) is 30.3 Å². The van der Waals surface area contributed by atoms with Crippen molar-refractivity contribution in [2.75, 3.05) is 0 Å². The molecule has 1 saturated carbocycles. The average Bonchev–Trinajstić information content (AvgIpc) is 2.41. The topological polar surface area (TPSA) is 26.0 Å². The predicted molar refractivity (Wildman–Crippen MR) is 83.2 cm³/mol. The van der Waals surface area contributed by atoms with Crippen molar-refractivity contribution in [1.29, 1.82) is 0 Å². The lowest BCUT2D eigenvalue weighted by Crippen LogP contribution is -2.40. The molecule has 2 rings (SSSR count). The van der Waals surface area contributed by atoms with Gasteiger partial charge >= 0.3 is 0 Å². The van der Waals surface area contributed by atoms with E-state index in [1.807, 2.05) is 0 Å². The summed E-state index contributed by atoms with van der Waals surface area (Å²) in [5.41, 5.74) is 8.22. The molecule has 0 spiro atoms. The lowest BCUT2D eigenvalue weighted by atomic mass is 9.81. The molecule has 0 bridgehead atoms. The molecule has 0 atom stereocenters. The van der Waals surface area contributed by atoms with E-state index in [0.29, 0.717) is 0 Å². The van der Waals surface area contributed by atoms with Crippen LogP contribution in [0.1, 0.15) is 69.8 Å². The molecule has 1 aromatic carbocycles. The van der Waals surface area contributed by atoms with Gasteiger partial charge in [0, 0.05) is 5.54 Å². The number of hydrogen-bond acceptors (Lipinski definition) is 1. The van der Waals surface area contributed by atoms with E-state index in [4.69, 9.17) is 5.73 Å². The zero-order valence-corrected chi connectivity index (χ0v) is 12.2. The van der Waals surface area contributed by atoms with Crippen molar-refractivity contribution in [2.24, 2.45) is 5.73 Å². The number of hydrogen-bond donors (Lipinski definition) is 1. The van der Waals surface area contributed by atoms with Gasteiger partial charge in [0.1, 0.15) is 0 Å². The maximum atomic E-state index is 6.61. The molecule has 2 N–H and O–H groups in total. The number of aryl methyl sites for hydroxylation is 1. The van der Waals surface area contributed by atoms with Gasteiger partial charge in [-0.2, -0.15) is 0 Å². The quantitative estimate of drug-likeness (QED) is 0.752. The molecule has 0 aromatic heterocycles. The second-order valence-corrected chi connectivity index (χ2v) is 6.32. The van der Waals surface area contributed by atoms with Gasteiger partial charge in [0.05, 0.1) is 0 Å². The zero-order chi connectivity index (χ0) is 13.4. The summed E-state index contributed by atoms with van der Waals surface area (Å²) in [6, 6.07) is 10.8. The van der Waals surface area contributed by atoms with Crippen LogP contribution in [0.15, 0.2) is 30.3 Å². The summed E-state index contributed by atoms with van der Waals surface area (Å²) in [4.78, 5) is 0. The first-order valence-electron chi connectivity index (χ1n) is 8.11. The second-order valence-electron chi connectivity index (χ2n) is 6.32. The third kappa shape index (κ3) is 5.36. The summed E-state index contributed by atoms with van der Waals surface area (Å²) in [5, 5.41) is 0. The molecule has 0 saturated heterocycles. The molecule has 1 aromatic rings. The fraction of sp³-hybridized carbons (Fsp3) is 0.667. The molecule has 19 heavy (non-hydrogen) atoms. The second kappa shape index (κ2) is 7.69. The summed E-state index contributed by atoms with van der Waals surface area (Å²) in [5.74, 6) is 0. The van der Waals surface area contributed by atoms with E-state index >= 15 is 0 Å². The predicted octanol–water partition coefficient (Wildman–Crippen LogP) is 4.84. The summed E-state index contributed by atoms with van der Waals surface area (Å²) in [6.07, 6.45) is 14.4. The fourth-order valence-electron chi connectivity index (χ4n) is 3.31. The average molecular weight is 259 g/mol. The molecule has 0 unspecified atom stereocenters. The van der Waals surface area contributed by atoms with Gasteiger partial charge < -0.3 is 5.73 Å². The fourth-order valence-corrected chi connectivity index (χ4v) is 3.31. The molecule has 1 aliphatic rings. The van der Waals surface area contributed by atoms with E-state index in [-0.39, 0.29) is 5.54 Å². The monoisotopic (exact) mass is 259 g/mol. The third-order valence-corrected chi connectivity index (χ3v) is 4.58. The highest BCUT2D eigenvalue weighted by atomic mass is 14.7. The van der Waals surface area contributed by atoms with Crippen molar-refractivity contribution in [1.82, 2.24) is 0 Å². The highest BCUT2D eigenvalue weighted by molar-refractivity contribution is 5.14. The minimum absolute atomic E-state index is 0.150. The van der Waals surface area contributed by atoms with Gasteiger partial charge in [0.15, 0.2) is 0 Å². The van der Waals surface area contributed by atoms with E-state index in [9.17, 15) is 0 Å². The van der Waals surface area contributed by atoms with E-state index in [1.165, 1.54) is 76.2 Å². The van der Waals surface area contributed by atoms with Crippen LogP contribution in [0.5, 0.6) is 0 Å². The number of rotatable bonds is 5. The van der Waals surface area contributed by atoms with Gasteiger partial charge in [0.2, 0.25) is 0 Å². The van der Waals surface area contributed by atoms with Crippen LogP contribution in [-0.2, 0) is 6.42 Å². The summed E-state index contributed by atoms with van der Waals surface area (Å²) < 4.78 is 0. The van der Waals surface area contributed by atoms with Gasteiger partial charge in [-0.25, -0.2) is 0 Å². The largest absolute Gasteiger partial charge is 0.325 e. The molecule has 1 aliphatic carbocycles. The molecule has 1 nitrogen and oxygen atoms in total. The van der Waals surface area contributed by atoms with Crippen LogP contribution in [0.4, 0.5) is 0 Å². The molecule has 1 fully saturated rings. The molecule has 106 valence electrons. The Bertz CT molecular complexity index is 336. The molecule has 0 radical (unpaired) electrons. The highest BCUT2D eigenvalue weighted by Crippen LogP contribution is 2.28. The summed E-state index contributed by atoms with van der Waals surface area (Å²) in [6.45, 7) is 0. The van der Waals surface area contributed by atoms with Crippen LogP contribution >= 0.6 is 0 Å². The normalized spacial score (nSPS) is 19.6. The first-order valence-corrected chi connectivity index (χ1v) is 8.11. The number of benzene rings is 1. The SMILES string of the molecule is NC1(CCCCc2ccccc2)CCCCCCC1.